The molecule has 0 aliphatic heterocycles. The van der Waals surface area contributed by atoms with Crippen LogP contribution in [0.25, 0.3) is 0 Å². The Kier molecular flexibility index (Phi) is 9.40. The Bertz CT molecular complexity index is 497. The Labute approximate surface area is 137 Å². The van der Waals surface area contributed by atoms with Gasteiger partial charge in [0, 0.05) is 19.8 Å². The molecule has 22 heavy (non-hydrogen) atoms. The number of nitrogens with zero attached hydrogens (tertiary/aromatic N) is 1. The Morgan fingerprint density at radius 1 is 1.36 bits per heavy atom. The van der Waals surface area contributed by atoms with Gasteiger partial charge in [-0.1, -0.05) is 25.1 Å². The molecule has 124 valence electrons. The number of para-hydroxylation sites is 1. The van der Waals surface area contributed by atoms with Crippen LogP contribution in [0.1, 0.15) is 12.5 Å². The van der Waals surface area contributed by atoms with E-state index in [0.29, 0.717) is 0 Å². The standard InChI is InChI=1S/C15H23N3O3.ClH/c1-4-11-7-5-6-8-13(11)17-14(19)9-18(2)15(20)12(16)10-21-3;/h5-8,12H,4,9-10,16H2,1-3H3,(H,17,19);1H. The molecule has 1 rings (SSSR count). The topological polar surface area (TPSA) is 84.7 Å². The number of likely N-dealkylation sites (N-methyl/N-ethyl adjacent to an activating group) is 1. The van der Waals surface area contributed by atoms with Crippen LogP contribution in [-0.2, 0) is 20.7 Å². The number of aryl methyl sites for hydroxylation is 1. The third-order valence-electron chi connectivity index (χ3n) is 3.09. The number of methoxy groups -OCH3 is 1. The average molecular weight is 330 g/mol. The van der Waals surface area contributed by atoms with Crippen molar-refractivity contribution in [3.05, 3.63) is 29.8 Å². The van der Waals surface area contributed by atoms with Crippen molar-refractivity contribution in [1.29, 1.82) is 0 Å². The van der Waals surface area contributed by atoms with Crippen LogP contribution in [0.3, 0.4) is 0 Å². The minimum atomic E-state index is -0.754. The highest BCUT2D eigenvalue weighted by atomic mass is 35.5. The lowest BCUT2D eigenvalue weighted by atomic mass is 10.1. The number of carbonyl (C=O) groups is 2. The molecule has 0 spiro atoms. The minimum Gasteiger partial charge on any atom is -0.383 e. The van der Waals surface area contributed by atoms with Crippen molar-refractivity contribution in [2.24, 2.45) is 5.73 Å². The van der Waals surface area contributed by atoms with Gasteiger partial charge in [0.25, 0.3) is 0 Å². The fourth-order valence-electron chi connectivity index (χ4n) is 1.97. The molecule has 6 nitrogen and oxygen atoms in total. The molecule has 2 amide bonds. The predicted octanol–water partition coefficient (Wildman–Crippen LogP) is 1.04. The normalized spacial score (nSPS) is 11.3. The molecule has 3 N–H and O–H groups in total. The first kappa shape index (κ1) is 20.4. The zero-order chi connectivity index (χ0) is 15.8. The maximum Gasteiger partial charge on any atom is 0.243 e. The maximum atomic E-state index is 12.0. The number of anilines is 1. The second-order valence-corrected chi connectivity index (χ2v) is 4.82. The molecule has 1 aromatic rings. The molecule has 0 saturated carbocycles. The van der Waals surface area contributed by atoms with Crippen LogP contribution in [-0.4, -0.2) is 50.1 Å². The van der Waals surface area contributed by atoms with E-state index in [4.69, 9.17) is 10.5 Å². The number of nitrogens with two attached hydrogens (primary N) is 1. The van der Waals surface area contributed by atoms with E-state index in [1.807, 2.05) is 31.2 Å². The first-order valence-corrected chi connectivity index (χ1v) is 6.86. The summed E-state index contributed by atoms with van der Waals surface area (Å²) in [6.45, 7) is 2.10. The first-order valence-electron chi connectivity index (χ1n) is 6.86. The monoisotopic (exact) mass is 329 g/mol. The van der Waals surface area contributed by atoms with E-state index < -0.39 is 6.04 Å². The predicted molar refractivity (Wildman–Crippen MR) is 89.2 cm³/mol. The van der Waals surface area contributed by atoms with Crippen LogP contribution in [0, 0.1) is 0 Å². The van der Waals surface area contributed by atoms with E-state index in [9.17, 15) is 9.59 Å². The molecular formula is C15H24ClN3O3. The summed E-state index contributed by atoms with van der Waals surface area (Å²) in [7, 11) is 3.02. The minimum absolute atomic E-state index is 0. The Hall–Kier alpha value is -1.63. The molecule has 1 atom stereocenters. The molecule has 0 saturated heterocycles. The van der Waals surface area contributed by atoms with Crippen molar-refractivity contribution in [3.8, 4) is 0 Å². The fraction of sp³-hybridized carbons (Fsp3) is 0.467. The van der Waals surface area contributed by atoms with Crippen molar-refractivity contribution >= 4 is 29.9 Å². The Balaban J connectivity index is 0.00000441. The van der Waals surface area contributed by atoms with Crippen molar-refractivity contribution in [3.63, 3.8) is 0 Å². The van der Waals surface area contributed by atoms with Gasteiger partial charge in [-0.05, 0) is 18.1 Å². The van der Waals surface area contributed by atoms with Gasteiger partial charge >= 0.3 is 0 Å². The van der Waals surface area contributed by atoms with Crippen LogP contribution < -0.4 is 11.1 Å². The zero-order valence-electron chi connectivity index (χ0n) is 13.2. The molecule has 0 radical (unpaired) electrons. The van der Waals surface area contributed by atoms with Crippen molar-refractivity contribution < 1.29 is 14.3 Å². The highest BCUT2D eigenvalue weighted by Gasteiger charge is 2.20. The Morgan fingerprint density at radius 2 is 2.00 bits per heavy atom. The largest absolute Gasteiger partial charge is 0.383 e. The lowest BCUT2D eigenvalue weighted by Gasteiger charge is -2.20. The summed E-state index contributed by atoms with van der Waals surface area (Å²) in [5.41, 5.74) is 7.48. The third-order valence-corrected chi connectivity index (χ3v) is 3.09. The molecule has 0 aliphatic carbocycles. The van der Waals surface area contributed by atoms with Gasteiger partial charge in [-0.15, -0.1) is 12.4 Å². The number of hydrogen-bond acceptors (Lipinski definition) is 4. The number of carbonyl (C=O) groups excluding carboxylic acids is 2. The van der Waals surface area contributed by atoms with Gasteiger partial charge in [-0.3, -0.25) is 9.59 Å². The van der Waals surface area contributed by atoms with Crippen molar-refractivity contribution in [2.75, 3.05) is 32.6 Å². The summed E-state index contributed by atoms with van der Waals surface area (Å²) in [4.78, 5) is 25.2. The molecule has 0 aliphatic rings. The molecule has 7 heteroatoms. The fourth-order valence-corrected chi connectivity index (χ4v) is 1.97. The second-order valence-electron chi connectivity index (χ2n) is 4.82. The lowest BCUT2D eigenvalue weighted by molar-refractivity contribution is -0.135. The number of rotatable bonds is 7. The summed E-state index contributed by atoms with van der Waals surface area (Å²) in [6, 6.07) is 6.83. The van der Waals surface area contributed by atoms with Crippen LogP contribution in [0.5, 0.6) is 0 Å². The van der Waals surface area contributed by atoms with Gasteiger partial charge in [0.2, 0.25) is 11.8 Å². The number of benzene rings is 1. The summed E-state index contributed by atoms with van der Waals surface area (Å²) in [5, 5.41) is 2.81. The average Bonchev–Trinajstić information content (AvgIpc) is 2.47. The quantitative estimate of drug-likeness (QED) is 0.783. The van der Waals surface area contributed by atoms with Crippen LogP contribution in [0.2, 0.25) is 0 Å². The summed E-state index contributed by atoms with van der Waals surface area (Å²) in [5.74, 6) is -0.577. The number of nitrogens with one attached hydrogen (secondary N) is 1. The van der Waals surface area contributed by atoms with Crippen LogP contribution in [0.4, 0.5) is 5.69 Å². The lowest BCUT2D eigenvalue weighted by Crippen LogP contribution is -2.46. The van der Waals surface area contributed by atoms with Gasteiger partial charge < -0.3 is 20.7 Å². The summed E-state index contributed by atoms with van der Waals surface area (Å²) < 4.78 is 4.83. The number of hydrogen-bond donors (Lipinski definition) is 2. The third kappa shape index (κ3) is 6.01. The van der Waals surface area contributed by atoms with Gasteiger partial charge in [0.05, 0.1) is 13.2 Å². The smallest absolute Gasteiger partial charge is 0.243 e. The van der Waals surface area contributed by atoms with E-state index >= 15 is 0 Å². The summed E-state index contributed by atoms with van der Waals surface area (Å²) >= 11 is 0. The second kappa shape index (κ2) is 10.2. The molecule has 1 aromatic carbocycles. The molecule has 0 aromatic heterocycles. The number of amides is 2. The first-order chi connectivity index (χ1) is 9.99. The summed E-state index contributed by atoms with van der Waals surface area (Å²) in [6.07, 6.45) is 0.823. The van der Waals surface area contributed by atoms with Gasteiger partial charge in [0.1, 0.15) is 6.04 Å². The van der Waals surface area contributed by atoms with Crippen LogP contribution in [0.15, 0.2) is 24.3 Å². The maximum absolute atomic E-state index is 12.0. The molecule has 0 heterocycles. The molecule has 1 unspecified atom stereocenters. The van der Waals surface area contributed by atoms with Gasteiger partial charge in [-0.25, -0.2) is 0 Å². The van der Waals surface area contributed by atoms with E-state index in [1.165, 1.54) is 12.0 Å². The van der Waals surface area contributed by atoms with Crippen molar-refractivity contribution in [2.45, 2.75) is 19.4 Å². The van der Waals surface area contributed by atoms with E-state index in [0.717, 1.165) is 17.7 Å². The molecule has 0 bridgehead atoms. The highest BCUT2D eigenvalue weighted by molar-refractivity contribution is 5.95. The SMILES string of the molecule is CCc1ccccc1NC(=O)CN(C)C(=O)C(N)COC.Cl. The highest BCUT2D eigenvalue weighted by Crippen LogP contribution is 2.15. The van der Waals surface area contributed by atoms with Crippen molar-refractivity contribution in [1.82, 2.24) is 4.90 Å². The molecular weight excluding hydrogens is 306 g/mol. The number of ether oxygens (including phenoxy) is 1. The van der Waals surface area contributed by atoms with E-state index in [2.05, 4.69) is 5.32 Å². The van der Waals surface area contributed by atoms with E-state index in [1.54, 1.807) is 7.05 Å². The zero-order valence-corrected chi connectivity index (χ0v) is 14.0. The number of halogens is 1. The molecule has 0 fully saturated rings. The van der Waals surface area contributed by atoms with Crippen LogP contribution >= 0.6 is 12.4 Å². The Morgan fingerprint density at radius 3 is 2.59 bits per heavy atom. The van der Waals surface area contributed by atoms with E-state index in [-0.39, 0.29) is 37.4 Å². The van der Waals surface area contributed by atoms with Gasteiger partial charge in [0.15, 0.2) is 0 Å². The van der Waals surface area contributed by atoms with Gasteiger partial charge in [-0.2, -0.15) is 0 Å².